The first kappa shape index (κ1) is 19.4. The first-order valence-electron chi connectivity index (χ1n) is 8.19. The Labute approximate surface area is 150 Å². The molecular weight excluding hydrogens is 344 g/mol. The summed E-state index contributed by atoms with van der Waals surface area (Å²) < 4.78 is 21.0. The van der Waals surface area contributed by atoms with Crippen LogP contribution in [-0.4, -0.2) is 50.9 Å². The second-order valence-corrected chi connectivity index (χ2v) is 5.61. The third kappa shape index (κ3) is 5.01. The van der Waals surface area contributed by atoms with Crippen molar-refractivity contribution in [1.29, 1.82) is 0 Å². The SMILES string of the molecule is CC[C@H](C)NC(=O)NC(=O)COC(=O)c1cc(OC)c2c(c1)OCCO2. The van der Waals surface area contributed by atoms with Crippen LogP contribution in [0.1, 0.15) is 30.6 Å². The molecule has 0 saturated carbocycles. The summed E-state index contributed by atoms with van der Waals surface area (Å²) in [7, 11) is 1.44. The van der Waals surface area contributed by atoms with Gasteiger partial charge in [0.25, 0.3) is 5.91 Å². The van der Waals surface area contributed by atoms with E-state index in [2.05, 4.69) is 10.6 Å². The maximum absolute atomic E-state index is 12.2. The number of urea groups is 1. The van der Waals surface area contributed by atoms with Crippen LogP contribution in [0.4, 0.5) is 4.79 Å². The second-order valence-electron chi connectivity index (χ2n) is 5.61. The van der Waals surface area contributed by atoms with E-state index >= 15 is 0 Å². The highest BCUT2D eigenvalue weighted by Crippen LogP contribution is 2.40. The molecule has 0 spiro atoms. The molecule has 1 atom stereocenters. The van der Waals surface area contributed by atoms with Crippen LogP contribution in [0, 0.1) is 0 Å². The Hall–Kier alpha value is -2.97. The average Bonchev–Trinajstić information content (AvgIpc) is 2.64. The molecule has 1 aromatic carbocycles. The molecule has 2 rings (SSSR count). The van der Waals surface area contributed by atoms with Crippen LogP contribution in [0.3, 0.4) is 0 Å². The third-order valence-corrected chi connectivity index (χ3v) is 3.64. The van der Waals surface area contributed by atoms with E-state index in [0.29, 0.717) is 30.5 Å². The van der Waals surface area contributed by atoms with Gasteiger partial charge in [0.2, 0.25) is 5.75 Å². The fourth-order valence-electron chi connectivity index (χ4n) is 2.13. The summed E-state index contributed by atoms with van der Waals surface area (Å²) in [5.41, 5.74) is 0.142. The summed E-state index contributed by atoms with van der Waals surface area (Å²) in [6.07, 6.45) is 0.725. The fraction of sp³-hybridized carbons (Fsp3) is 0.471. The average molecular weight is 366 g/mol. The highest BCUT2D eigenvalue weighted by atomic mass is 16.6. The number of methoxy groups -OCH3 is 1. The van der Waals surface area contributed by atoms with E-state index in [1.807, 2.05) is 6.92 Å². The Bertz CT molecular complexity index is 673. The van der Waals surface area contributed by atoms with Gasteiger partial charge in [-0.2, -0.15) is 0 Å². The summed E-state index contributed by atoms with van der Waals surface area (Å²) in [4.78, 5) is 35.4. The van der Waals surface area contributed by atoms with Gasteiger partial charge in [0.15, 0.2) is 18.1 Å². The zero-order valence-electron chi connectivity index (χ0n) is 14.9. The molecule has 0 aromatic heterocycles. The van der Waals surface area contributed by atoms with Crippen molar-refractivity contribution in [2.24, 2.45) is 0 Å². The summed E-state index contributed by atoms with van der Waals surface area (Å²) in [6, 6.07) is 2.17. The Morgan fingerprint density at radius 3 is 2.65 bits per heavy atom. The van der Waals surface area contributed by atoms with Crippen molar-refractivity contribution in [2.75, 3.05) is 26.9 Å². The minimum Gasteiger partial charge on any atom is -0.493 e. The molecule has 0 unspecified atom stereocenters. The number of ether oxygens (including phenoxy) is 4. The smallest absolute Gasteiger partial charge is 0.338 e. The van der Waals surface area contributed by atoms with Crippen molar-refractivity contribution in [2.45, 2.75) is 26.3 Å². The minimum absolute atomic E-state index is 0.0736. The number of carbonyl (C=O) groups is 3. The quantitative estimate of drug-likeness (QED) is 0.729. The van der Waals surface area contributed by atoms with Crippen molar-refractivity contribution in [3.8, 4) is 17.2 Å². The molecule has 0 aliphatic carbocycles. The molecule has 1 aromatic rings. The van der Waals surface area contributed by atoms with Gasteiger partial charge in [0.05, 0.1) is 12.7 Å². The molecule has 0 bridgehead atoms. The molecule has 2 N–H and O–H groups in total. The van der Waals surface area contributed by atoms with E-state index < -0.39 is 24.5 Å². The number of benzene rings is 1. The maximum atomic E-state index is 12.2. The number of nitrogens with one attached hydrogen (secondary N) is 2. The van der Waals surface area contributed by atoms with Crippen LogP contribution < -0.4 is 24.8 Å². The highest BCUT2D eigenvalue weighted by Gasteiger charge is 2.22. The number of hydrogen-bond donors (Lipinski definition) is 2. The summed E-state index contributed by atoms with van der Waals surface area (Å²) >= 11 is 0. The third-order valence-electron chi connectivity index (χ3n) is 3.64. The number of fused-ring (bicyclic) bond motifs is 1. The maximum Gasteiger partial charge on any atom is 0.338 e. The lowest BCUT2D eigenvalue weighted by atomic mass is 10.1. The number of imide groups is 1. The predicted molar refractivity (Wildman–Crippen MR) is 90.7 cm³/mol. The number of carbonyl (C=O) groups excluding carboxylic acids is 3. The first-order valence-corrected chi connectivity index (χ1v) is 8.19. The van der Waals surface area contributed by atoms with Gasteiger partial charge in [-0.1, -0.05) is 6.92 Å². The van der Waals surface area contributed by atoms with Gasteiger partial charge >= 0.3 is 12.0 Å². The van der Waals surface area contributed by atoms with Gasteiger partial charge in [-0.3, -0.25) is 10.1 Å². The van der Waals surface area contributed by atoms with E-state index in [0.717, 1.165) is 6.42 Å². The van der Waals surface area contributed by atoms with Crippen LogP contribution >= 0.6 is 0 Å². The lowest BCUT2D eigenvalue weighted by Gasteiger charge is -2.21. The topological polar surface area (TPSA) is 112 Å². The molecule has 1 aliphatic rings. The molecule has 0 radical (unpaired) electrons. The van der Waals surface area contributed by atoms with E-state index in [1.54, 1.807) is 6.92 Å². The van der Waals surface area contributed by atoms with Gasteiger partial charge in [-0.25, -0.2) is 9.59 Å². The number of esters is 1. The zero-order chi connectivity index (χ0) is 19.1. The predicted octanol–water partition coefficient (Wildman–Crippen LogP) is 1.25. The molecule has 0 saturated heterocycles. The normalized spacial score (nSPS) is 13.3. The standard InChI is InChI=1S/C17H22N2O7/c1-4-10(2)18-17(22)19-14(20)9-26-16(21)11-7-12(23-3)15-13(8-11)24-5-6-25-15/h7-8,10H,4-6,9H2,1-3H3,(H2,18,19,20,22)/t10-/m0/s1. The van der Waals surface area contributed by atoms with E-state index in [9.17, 15) is 14.4 Å². The van der Waals surface area contributed by atoms with Crippen LogP contribution in [0.15, 0.2) is 12.1 Å². The monoisotopic (exact) mass is 366 g/mol. The van der Waals surface area contributed by atoms with Gasteiger partial charge in [-0.05, 0) is 25.5 Å². The molecule has 9 nitrogen and oxygen atoms in total. The van der Waals surface area contributed by atoms with Crippen molar-refractivity contribution >= 4 is 17.9 Å². The number of hydrogen-bond acceptors (Lipinski definition) is 7. The molecular formula is C17H22N2O7. The van der Waals surface area contributed by atoms with E-state index in [-0.39, 0.29) is 11.6 Å². The Balaban J connectivity index is 1.93. The zero-order valence-corrected chi connectivity index (χ0v) is 14.9. The largest absolute Gasteiger partial charge is 0.493 e. The van der Waals surface area contributed by atoms with Crippen LogP contribution in [0.2, 0.25) is 0 Å². The Kier molecular flexibility index (Phi) is 6.65. The van der Waals surface area contributed by atoms with Gasteiger partial charge < -0.3 is 24.3 Å². The first-order chi connectivity index (χ1) is 12.4. The summed E-state index contributed by atoms with van der Waals surface area (Å²) in [6.45, 7) is 3.84. The molecule has 9 heteroatoms. The van der Waals surface area contributed by atoms with E-state index in [4.69, 9.17) is 18.9 Å². The Morgan fingerprint density at radius 1 is 1.23 bits per heavy atom. The minimum atomic E-state index is -0.752. The molecule has 26 heavy (non-hydrogen) atoms. The van der Waals surface area contributed by atoms with Gasteiger partial charge in [0.1, 0.15) is 13.2 Å². The van der Waals surface area contributed by atoms with Crippen LogP contribution in [0.25, 0.3) is 0 Å². The highest BCUT2D eigenvalue weighted by molar-refractivity contribution is 5.97. The number of amides is 3. The summed E-state index contributed by atoms with van der Waals surface area (Å²) in [5, 5.41) is 4.66. The fourth-order valence-corrected chi connectivity index (χ4v) is 2.13. The van der Waals surface area contributed by atoms with Crippen LogP contribution in [-0.2, 0) is 9.53 Å². The van der Waals surface area contributed by atoms with Gasteiger partial charge in [-0.15, -0.1) is 0 Å². The lowest BCUT2D eigenvalue weighted by Crippen LogP contribution is -2.44. The molecule has 1 aliphatic heterocycles. The lowest BCUT2D eigenvalue weighted by molar-refractivity contribution is -0.123. The molecule has 142 valence electrons. The molecule has 3 amide bonds. The second kappa shape index (κ2) is 8.93. The Morgan fingerprint density at radius 2 is 1.96 bits per heavy atom. The van der Waals surface area contributed by atoms with Gasteiger partial charge in [0, 0.05) is 6.04 Å². The molecule has 0 fully saturated rings. The summed E-state index contributed by atoms with van der Waals surface area (Å²) in [5.74, 6) is -0.386. The van der Waals surface area contributed by atoms with Crippen molar-refractivity contribution in [3.63, 3.8) is 0 Å². The molecule has 1 heterocycles. The van der Waals surface area contributed by atoms with Crippen molar-refractivity contribution in [1.82, 2.24) is 10.6 Å². The van der Waals surface area contributed by atoms with Crippen molar-refractivity contribution in [3.05, 3.63) is 17.7 Å². The van der Waals surface area contributed by atoms with E-state index in [1.165, 1.54) is 19.2 Å². The van der Waals surface area contributed by atoms with Crippen molar-refractivity contribution < 1.29 is 33.3 Å². The van der Waals surface area contributed by atoms with Crippen LogP contribution in [0.5, 0.6) is 17.2 Å². The number of rotatable bonds is 6.